The van der Waals surface area contributed by atoms with E-state index in [1.165, 1.54) is 6.42 Å². The van der Waals surface area contributed by atoms with E-state index in [1.54, 1.807) is 24.3 Å². The standard InChI is InChI=1S/C18H23N3O4S/c1-20-12-6-5-7-13(20)11-14(10-12)25-18(22)17-15-8-3-4-9-16(15)21(19-17)26(2,23)24/h3-4,8-9,12-14H,5-7,10-11H2,1-2H3. The second kappa shape index (κ2) is 6.35. The maximum Gasteiger partial charge on any atom is 0.359 e. The van der Waals surface area contributed by atoms with E-state index in [0.29, 0.717) is 23.0 Å². The van der Waals surface area contributed by atoms with Crippen LogP contribution in [0.2, 0.25) is 0 Å². The third-order valence-corrected chi connectivity index (χ3v) is 6.54. The summed E-state index contributed by atoms with van der Waals surface area (Å²) in [5, 5.41) is 4.55. The van der Waals surface area contributed by atoms with Gasteiger partial charge in [-0.3, -0.25) is 0 Å². The molecule has 3 heterocycles. The molecule has 2 fully saturated rings. The first kappa shape index (κ1) is 17.5. The van der Waals surface area contributed by atoms with Crippen molar-refractivity contribution in [2.75, 3.05) is 13.3 Å². The zero-order valence-corrected chi connectivity index (χ0v) is 15.8. The van der Waals surface area contributed by atoms with Crippen molar-refractivity contribution in [1.82, 2.24) is 14.1 Å². The second-order valence-electron chi connectivity index (χ2n) is 7.37. The highest BCUT2D eigenvalue weighted by Gasteiger charge is 2.38. The van der Waals surface area contributed by atoms with Crippen LogP contribution in [0.25, 0.3) is 10.9 Å². The first-order chi connectivity index (χ1) is 12.3. The van der Waals surface area contributed by atoms with Crippen LogP contribution in [0.15, 0.2) is 24.3 Å². The fraction of sp³-hybridized carbons (Fsp3) is 0.556. The number of esters is 1. The van der Waals surface area contributed by atoms with Gasteiger partial charge in [-0.15, -0.1) is 5.10 Å². The molecule has 7 nitrogen and oxygen atoms in total. The Morgan fingerprint density at radius 1 is 1.19 bits per heavy atom. The van der Waals surface area contributed by atoms with E-state index >= 15 is 0 Å². The Hall–Kier alpha value is -1.93. The largest absolute Gasteiger partial charge is 0.457 e. The van der Waals surface area contributed by atoms with Crippen LogP contribution in [-0.2, 0) is 14.8 Å². The lowest BCUT2D eigenvalue weighted by atomic mass is 9.83. The molecule has 1 aromatic heterocycles. The van der Waals surface area contributed by atoms with Crippen LogP contribution >= 0.6 is 0 Å². The number of piperidine rings is 2. The molecule has 2 bridgehead atoms. The van der Waals surface area contributed by atoms with E-state index < -0.39 is 16.0 Å². The fourth-order valence-electron chi connectivity index (χ4n) is 4.31. The minimum atomic E-state index is -3.60. The van der Waals surface area contributed by atoms with Crippen molar-refractivity contribution in [3.05, 3.63) is 30.0 Å². The first-order valence-corrected chi connectivity index (χ1v) is 10.8. The number of nitrogens with zero attached hydrogens (tertiary/aromatic N) is 3. The number of carbonyl (C=O) groups is 1. The summed E-state index contributed by atoms with van der Waals surface area (Å²) in [6.45, 7) is 0. The Morgan fingerprint density at radius 2 is 1.85 bits per heavy atom. The van der Waals surface area contributed by atoms with Gasteiger partial charge in [-0.25, -0.2) is 13.2 Å². The van der Waals surface area contributed by atoms with Crippen LogP contribution in [0.5, 0.6) is 0 Å². The molecule has 8 heteroatoms. The van der Waals surface area contributed by atoms with E-state index in [1.807, 2.05) is 0 Å². The van der Waals surface area contributed by atoms with Gasteiger partial charge in [-0.05, 0) is 26.0 Å². The Balaban J connectivity index is 1.61. The molecule has 2 aliphatic heterocycles. The highest BCUT2D eigenvalue weighted by atomic mass is 32.2. The molecule has 4 rings (SSSR count). The topological polar surface area (TPSA) is 81.5 Å². The molecule has 0 N–H and O–H groups in total. The van der Waals surface area contributed by atoms with Crippen molar-refractivity contribution < 1.29 is 17.9 Å². The summed E-state index contributed by atoms with van der Waals surface area (Å²) in [6, 6.07) is 7.72. The molecule has 0 saturated carbocycles. The maximum atomic E-state index is 12.8. The van der Waals surface area contributed by atoms with E-state index in [0.717, 1.165) is 36.0 Å². The smallest absolute Gasteiger partial charge is 0.359 e. The zero-order chi connectivity index (χ0) is 18.5. The minimum absolute atomic E-state index is 0.0649. The van der Waals surface area contributed by atoms with E-state index in [9.17, 15) is 13.2 Å². The van der Waals surface area contributed by atoms with Crippen LogP contribution in [0.3, 0.4) is 0 Å². The van der Waals surface area contributed by atoms with Crippen molar-refractivity contribution in [2.45, 2.75) is 50.3 Å². The number of rotatable bonds is 3. The number of fused-ring (bicyclic) bond motifs is 3. The molecule has 140 valence electrons. The van der Waals surface area contributed by atoms with Gasteiger partial charge in [0, 0.05) is 30.3 Å². The van der Waals surface area contributed by atoms with Gasteiger partial charge in [-0.1, -0.05) is 24.6 Å². The summed E-state index contributed by atoms with van der Waals surface area (Å²) < 4.78 is 30.6. The Kier molecular flexibility index (Phi) is 4.27. The van der Waals surface area contributed by atoms with Gasteiger partial charge >= 0.3 is 5.97 Å². The average molecular weight is 377 g/mol. The van der Waals surface area contributed by atoms with E-state index in [4.69, 9.17) is 4.74 Å². The number of carbonyl (C=O) groups excluding carboxylic acids is 1. The highest BCUT2D eigenvalue weighted by molar-refractivity contribution is 7.89. The van der Waals surface area contributed by atoms with Crippen molar-refractivity contribution in [3.8, 4) is 0 Å². The SMILES string of the molecule is CN1C2CCCC1CC(OC(=O)c1nn(S(C)(=O)=O)c3ccccc13)C2. The van der Waals surface area contributed by atoms with Crippen LogP contribution in [0.4, 0.5) is 0 Å². The summed E-state index contributed by atoms with van der Waals surface area (Å²) in [5.41, 5.74) is 0.456. The van der Waals surface area contributed by atoms with Gasteiger partial charge in [0.1, 0.15) is 6.10 Å². The first-order valence-electron chi connectivity index (χ1n) is 8.96. The normalized spacial score (nSPS) is 26.8. The van der Waals surface area contributed by atoms with Crippen molar-refractivity contribution >= 4 is 26.9 Å². The van der Waals surface area contributed by atoms with E-state index in [-0.39, 0.29) is 11.8 Å². The summed E-state index contributed by atoms with van der Waals surface area (Å²) in [7, 11) is -1.46. The quantitative estimate of drug-likeness (QED) is 0.761. The van der Waals surface area contributed by atoms with Crippen LogP contribution in [-0.4, -0.2) is 60.0 Å². The highest BCUT2D eigenvalue weighted by Crippen LogP contribution is 2.34. The Labute approximate surface area is 153 Å². The van der Waals surface area contributed by atoms with Crippen LogP contribution in [0, 0.1) is 0 Å². The molecule has 0 radical (unpaired) electrons. The number of benzene rings is 1. The molecular formula is C18H23N3O4S. The van der Waals surface area contributed by atoms with Gasteiger partial charge in [0.2, 0.25) is 0 Å². The van der Waals surface area contributed by atoms with Crippen molar-refractivity contribution in [2.24, 2.45) is 0 Å². The molecule has 0 amide bonds. The monoisotopic (exact) mass is 377 g/mol. The number of hydrogen-bond acceptors (Lipinski definition) is 6. The van der Waals surface area contributed by atoms with Gasteiger partial charge in [0.05, 0.1) is 11.8 Å². The number of hydrogen-bond donors (Lipinski definition) is 0. The van der Waals surface area contributed by atoms with Crippen molar-refractivity contribution in [1.29, 1.82) is 0 Å². The fourth-order valence-corrected chi connectivity index (χ4v) is 5.06. The number of aromatic nitrogens is 2. The molecule has 2 aliphatic rings. The maximum absolute atomic E-state index is 12.8. The molecule has 2 unspecified atom stereocenters. The lowest BCUT2D eigenvalue weighted by molar-refractivity contribution is -0.0321. The molecule has 2 atom stereocenters. The van der Waals surface area contributed by atoms with E-state index in [2.05, 4.69) is 17.0 Å². The third-order valence-electron chi connectivity index (χ3n) is 5.63. The minimum Gasteiger partial charge on any atom is -0.457 e. The van der Waals surface area contributed by atoms with Crippen molar-refractivity contribution in [3.63, 3.8) is 0 Å². The lowest BCUT2D eigenvalue weighted by Gasteiger charge is -2.46. The number of ether oxygens (including phenoxy) is 1. The Bertz CT molecular complexity index is 938. The average Bonchev–Trinajstić information content (AvgIpc) is 2.96. The molecule has 0 aliphatic carbocycles. The predicted molar refractivity (Wildman–Crippen MR) is 97.6 cm³/mol. The molecule has 26 heavy (non-hydrogen) atoms. The van der Waals surface area contributed by atoms with Gasteiger partial charge < -0.3 is 9.64 Å². The molecule has 2 saturated heterocycles. The Morgan fingerprint density at radius 3 is 2.50 bits per heavy atom. The summed E-state index contributed by atoms with van der Waals surface area (Å²) in [5.74, 6) is -0.545. The van der Waals surface area contributed by atoms with Crippen LogP contribution < -0.4 is 0 Å². The molecule has 0 spiro atoms. The van der Waals surface area contributed by atoms with Gasteiger partial charge in [-0.2, -0.15) is 4.09 Å². The summed E-state index contributed by atoms with van der Waals surface area (Å²) in [4.78, 5) is 15.2. The second-order valence-corrected chi connectivity index (χ2v) is 9.19. The van der Waals surface area contributed by atoms with Gasteiger partial charge in [0.15, 0.2) is 5.69 Å². The third kappa shape index (κ3) is 3.01. The molecular weight excluding hydrogens is 354 g/mol. The number of para-hydroxylation sites is 1. The van der Waals surface area contributed by atoms with Gasteiger partial charge in [0.25, 0.3) is 10.0 Å². The summed E-state index contributed by atoms with van der Waals surface area (Å²) >= 11 is 0. The lowest BCUT2D eigenvalue weighted by Crippen LogP contribution is -2.52. The zero-order valence-electron chi connectivity index (χ0n) is 15.0. The molecule has 2 aromatic rings. The summed E-state index contributed by atoms with van der Waals surface area (Å²) in [6.07, 6.45) is 6.06. The predicted octanol–water partition coefficient (Wildman–Crippen LogP) is 2.02. The van der Waals surface area contributed by atoms with Crippen LogP contribution in [0.1, 0.15) is 42.6 Å². The molecule has 1 aromatic carbocycles.